The lowest BCUT2D eigenvalue weighted by atomic mass is 10.1. The third-order valence-corrected chi connectivity index (χ3v) is 6.41. The number of hydrogen-bond acceptors (Lipinski definition) is 7. The van der Waals surface area contributed by atoms with E-state index in [0.29, 0.717) is 42.0 Å². The summed E-state index contributed by atoms with van der Waals surface area (Å²) < 4.78 is 34.3. The van der Waals surface area contributed by atoms with Crippen molar-refractivity contribution in [1.29, 1.82) is 0 Å². The highest BCUT2D eigenvalue weighted by Crippen LogP contribution is 2.31. The highest BCUT2D eigenvalue weighted by atomic mass is 32.2. The molecule has 0 aliphatic rings. The van der Waals surface area contributed by atoms with Crippen LogP contribution >= 0.6 is 0 Å². The maximum absolute atomic E-state index is 12.6. The Bertz CT molecular complexity index is 1040. The van der Waals surface area contributed by atoms with E-state index in [-0.39, 0.29) is 10.7 Å². The molecule has 1 atom stereocenters. The number of rotatable bonds is 11. The van der Waals surface area contributed by atoms with E-state index >= 15 is 0 Å². The minimum atomic E-state index is -3.88. The lowest BCUT2D eigenvalue weighted by molar-refractivity contribution is 0.0951. The van der Waals surface area contributed by atoms with E-state index in [1.165, 1.54) is 0 Å². The van der Waals surface area contributed by atoms with Crippen molar-refractivity contribution < 1.29 is 17.9 Å². The first-order valence-corrected chi connectivity index (χ1v) is 11.3. The molecule has 168 valence electrons. The number of ether oxygens (including phenoxy) is 1. The topological polar surface area (TPSA) is 136 Å². The third kappa shape index (κ3) is 6.33. The number of Topliss-reactive ketones (excluding diaryl/α,β-unsaturated/α-hetero) is 1. The van der Waals surface area contributed by atoms with Crippen LogP contribution in [0.4, 0.5) is 0 Å². The minimum absolute atomic E-state index is 0.169. The molecule has 0 bridgehead atoms. The molecule has 1 aromatic heterocycles. The lowest BCUT2D eigenvalue weighted by Crippen LogP contribution is -2.35. The van der Waals surface area contributed by atoms with Gasteiger partial charge >= 0.3 is 0 Å². The van der Waals surface area contributed by atoms with Gasteiger partial charge in [0, 0.05) is 12.7 Å². The highest BCUT2D eigenvalue weighted by Gasteiger charge is 2.21. The molecule has 2 aromatic rings. The Morgan fingerprint density at radius 1 is 1.29 bits per heavy atom. The number of pyridine rings is 1. The van der Waals surface area contributed by atoms with Crippen LogP contribution in [0.3, 0.4) is 0 Å². The summed E-state index contributed by atoms with van der Waals surface area (Å²) in [6, 6.07) is 6.15. The molecule has 1 heterocycles. The summed E-state index contributed by atoms with van der Waals surface area (Å²) in [7, 11) is -2.33. The van der Waals surface area contributed by atoms with Gasteiger partial charge in [0.25, 0.3) is 10.0 Å². The second-order valence-corrected chi connectivity index (χ2v) is 8.65. The first-order valence-electron chi connectivity index (χ1n) is 9.82. The van der Waals surface area contributed by atoms with E-state index in [4.69, 9.17) is 10.5 Å². The Morgan fingerprint density at radius 3 is 2.68 bits per heavy atom. The number of hydrazine groups is 1. The predicted octanol–water partition coefficient (Wildman–Crippen LogP) is 1.82. The summed E-state index contributed by atoms with van der Waals surface area (Å²) in [6.07, 6.45) is 3.70. The van der Waals surface area contributed by atoms with Gasteiger partial charge in [0.05, 0.1) is 18.0 Å². The molecule has 2 rings (SSSR count). The summed E-state index contributed by atoms with van der Waals surface area (Å²) in [5.41, 5.74) is 13.7. The number of aromatic nitrogens is 1. The van der Waals surface area contributed by atoms with E-state index in [1.807, 2.05) is 0 Å². The van der Waals surface area contributed by atoms with Crippen molar-refractivity contribution >= 4 is 22.1 Å². The zero-order valence-corrected chi connectivity index (χ0v) is 19.0. The van der Waals surface area contributed by atoms with Crippen LogP contribution in [0.5, 0.6) is 5.75 Å². The van der Waals surface area contributed by atoms with Crippen LogP contribution in [-0.4, -0.2) is 45.2 Å². The number of aryl methyl sites for hydroxylation is 1. The van der Waals surface area contributed by atoms with Crippen molar-refractivity contribution in [3.63, 3.8) is 0 Å². The molecule has 31 heavy (non-hydrogen) atoms. The average molecular weight is 448 g/mol. The summed E-state index contributed by atoms with van der Waals surface area (Å²) in [4.78, 5) is 16.3. The number of methoxy groups -OCH3 is 1. The van der Waals surface area contributed by atoms with Crippen LogP contribution in [-0.2, 0) is 10.0 Å². The molecule has 0 saturated heterocycles. The first-order chi connectivity index (χ1) is 14.7. The van der Waals surface area contributed by atoms with Crippen LogP contribution in [0.25, 0.3) is 0 Å². The summed E-state index contributed by atoms with van der Waals surface area (Å²) in [5, 5.41) is 0. The molecule has 0 amide bonds. The summed E-state index contributed by atoms with van der Waals surface area (Å²) in [6.45, 7) is 5.71. The second-order valence-electron chi connectivity index (χ2n) is 7.08. The number of nitrogens with zero attached hydrogens (tertiary/aromatic N) is 2. The van der Waals surface area contributed by atoms with Gasteiger partial charge in [-0.2, -0.15) is 8.42 Å². The smallest absolute Gasteiger partial charge is 0.284 e. The highest BCUT2D eigenvalue weighted by molar-refractivity contribution is 7.90. The number of benzene rings is 1. The molecule has 10 heteroatoms. The number of sulfonamides is 1. The number of carbonyl (C=O) groups is 1. The van der Waals surface area contributed by atoms with Crippen molar-refractivity contribution in [2.45, 2.75) is 44.6 Å². The molecule has 0 aliphatic heterocycles. The zero-order valence-electron chi connectivity index (χ0n) is 18.2. The molecular weight excluding hydrogens is 418 g/mol. The maximum atomic E-state index is 12.6. The van der Waals surface area contributed by atoms with Crippen LogP contribution in [0, 0.1) is 20.8 Å². The third-order valence-electron chi connectivity index (χ3n) is 4.89. The van der Waals surface area contributed by atoms with Crippen LogP contribution in [0.15, 0.2) is 39.8 Å². The number of carbonyl (C=O) groups excluding carboxylic acids is 1. The van der Waals surface area contributed by atoms with E-state index in [2.05, 4.69) is 20.2 Å². The van der Waals surface area contributed by atoms with E-state index in [1.54, 1.807) is 58.3 Å². The molecular formula is C21H29N5O4S. The molecule has 0 fully saturated rings. The Labute approximate surface area is 183 Å². The van der Waals surface area contributed by atoms with Crippen LogP contribution in [0.1, 0.15) is 40.0 Å². The summed E-state index contributed by atoms with van der Waals surface area (Å²) in [5.74, 6) is 0.430. The molecule has 0 saturated carbocycles. The van der Waals surface area contributed by atoms with Gasteiger partial charge in [-0.1, -0.05) is 6.07 Å². The van der Waals surface area contributed by atoms with Gasteiger partial charge in [0.1, 0.15) is 17.8 Å². The van der Waals surface area contributed by atoms with Gasteiger partial charge < -0.3 is 15.9 Å². The molecule has 9 nitrogen and oxygen atoms in total. The fourth-order valence-electron chi connectivity index (χ4n) is 3.14. The Balaban J connectivity index is 1.84. The van der Waals surface area contributed by atoms with Gasteiger partial charge in [-0.3, -0.25) is 9.78 Å². The van der Waals surface area contributed by atoms with Gasteiger partial charge in [0.15, 0.2) is 5.78 Å². The fourth-order valence-corrected chi connectivity index (χ4v) is 4.44. The Kier molecular flexibility index (Phi) is 8.66. The van der Waals surface area contributed by atoms with Crippen LogP contribution in [0.2, 0.25) is 0 Å². The zero-order chi connectivity index (χ0) is 23.0. The SMILES string of the molecule is COc1cc(C)c(S(=O)(=O)N=CNNCCCC(N)C(=O)c2ccccn2)c(C)c1C. The average Bonchev–Trinajstić information content (AvgIpc) is 2.75. The van der Waals surface area contributed by atoms with Crippen molar-refractivity contribution in [2.24, 2.45) is 10.1 Å². The number of nitrogens with one attached hydrogen (secondary N) is 2. The normalized spacial score (nSPS) is 12.7. The fraction of sp³-hybridized carbons (Fsp3) is 0.381. The van der Waals surface area contributed by atoms with Gasteiger partial charge in [-0.25, -0.2) is 5.43 Å². The number of ketones is 1. The number of nitrogens with two attached hydrogens (primary N) is 1. The van der Waals surface area contributed by atoms with E-state index in [0.717, 1.165) is 11.9 Å². The monoisotopic (exact) mass is 447 g/mol. The van der Waals surface area contributed by atoms with Gasteiger partial charge in [-0.15, -0.1) is 4.40 Å². The molecule has 4 N–H and O–H groups in total. The molecule has 0 radical (unpaired) electrons. The standard InChI is InChI=1S/C21H29N5O4S/c1-14-12-19(30-4)15(2)16(3)21(14)31(28,29)26-13-25-24-11-7-8-17(22)20(27)18-9-5-6-10-23-18/h5-6,9-10,12-13,17,24H,7-8,11,22H2,1-4H3,(H,25,26). The predicted molar refractivity (Wildman–Crippen MR) is 120 cm³/mol. The van der Waals surface area contributed by atoms with E-state index < -0.39 is 16.1 Å². The number of hydrogen-bond donors (Lipinski definition) is 3. The molecule has 1 unspecified atom stereocenters. The Hall–Kier alpha value is -2.82. The molecule has 1 aromatic carbocycles. The first kappa shape index (κ1) is 24.4. The van der Waals surface area contributed by atoms with Gasteiger partial charge in [-0.05, 0) is 68.5 Å². The molecule has 0 aliphatic carbocycles. The van der Waals surface area contributed by atoms with E-state index in [9.17, 15) is 13.2 Å². The van der Waals surface area contributed by atoms with Crippen molar-refractivity contribution in [2.75, 3.05) is 13.7 Å². The Morgan fingerprint density at radius 2 is 2.03 bits per heavy atom. The summed E-state index contributed by atoms with van der Waals surface area (Å²) >= 11 is 0. The van der Waals surface area contributed by atoms with Crippen LogP contribution < -0.4 is 21.3 Å². The second kappa shape index (κ2) is 11.0. The quantitative estimate of drug-likeness (QED) is 0.156. The van der Waals surface area contributed by atoms with Gasteiger partial charge in [0.2, 0.25) is 0 Å². The van der Waals surface area contributed by atoms with Crippen molar-refractivity contribution in [1.82, 2.24) is 15.8 Å². The molecule has 0 spiro atoms. The minimum Gasteiger partial charge on any atom is -0.496 e. The largest absolute Gasteiger partial charge is 0.496 e. The maximum Gasteiger partial charge on any atom is 0.284 e. The van der Waals surface area contributed by atoms with Crippen molar-refractivity contribution in [3.05, 3.63) is 52.8 Å². The van der Waals surface area contributed by atoms with Crippen molar-refractivity contribution in [3.8, 4) is 5.75 Å². The lowest BCUT2D eigenvalue weighted by Gasteiger charge is -2.14.